The lowest BCUT2D eigenvalue weighted by molar-refractivity contribution is 0.115. The minimum Gasteiger partial charge on any atom is -0.392 e. The predicted octanol–water partition coefficient (Wildman–Crippen LogP) is 0.0285. The molecule has 0 spiro atoms. The first-order valence-corrected chi connectivity index (χ1v) is 4.30. The Kier molecular flexibility index (Phi) is 2.92. The Bertz CT molecular complexity index is 168. The average molecular weight is 172 g/mol. The minimum atomic E-state index is -0.443. The molecular formula is C8H16N2O2. The quantitative estimate of drug-likeness (QED) is 0.617. The van der Waals surface area contributed by atoms with Gasteiger partial charge in [0, 0.05) is 19.6 Å². The maximum Gasteiger partial charge on any atom is 0.317 e. The highest BCUT2D eigenvalue weighted by Gasteiger charge is 2.22. The number of aliphatic hydroxyl groups excluding tert-OH is 1. The van der Waals surface area contributed by atoms with E-state index >= 15 is 0 Å². The third-order valence-electron chi connectivity index (χ3n) is 1.91. The van der Waals surface area contributed by atoms with Gasteiger partial charge in [-0.25, -0.2) is 4.79 Å². The average Bonchev–Trinajstić information content (AvgIpc) is 1.96. The number of hydrogen-bond acceptors (Lipinski definition) is 2. The molecule has 1 aliphatic heterocycles. The normalized spacial score (nSPS) is 26.8. The molecule has 0 aromatic carbocycles. The fourth-order valence-electron chi connectivity index (χ4n) is 1.37. The highest BCUT2D eigenvalue weighted by Crippen LogP contribution is 2.05. The first-order chi connectivity index (χ1) is 5.59. The summed E-state index contributed by atoms with van der Waals surface area (Å²) in [5.41, 5.74) is 0. The Morgan fingerprint density at radius 1 is 1.83 bits per heavy atom. The molecule has 4 nitrogen and oxygen atoms in total. The summed E-state index contributed by atoms with van der Waals surface area (Å²) in [6.45, 7) is 5.68. The Balaban J connectivity index is 2.43. The van der Waals surface area contributed by atoms with Gasteiger partial charge in [-0.15, -0.1) is 0 Å². The van der Waals surface area contributed by atoms with Crippen molar-refractivity contribution in [1.82, 2.24) is 10.2 Å². The molecule has 0 radical (unpaired) electrons. The van der Waals surface area contributed by atoms with Crippen molar-refractivity contribution in [2.24, 2.45) is 5.92 Å². The number of urea groups is 1. The Morgan fingerprint density at radius 3 is 3.08 bits per heavy atom. The summed E-state index contributed by atoms with van der Waals surface area (Å²) >= 11 is 0. The second-order valence-corrected chi connectivity index (χ2v) is 3.55. The third-order valence-corrected chi connectivity index (χ3v) is 1.91. The van der Waals surface area contributed by atoms with Crippen LogP contribution in [-0.4, -0.2) is 41.8 Å². The molecule has 1 saturated heterocycles. The van der Waals surface area contributed by atoms with Crippen LogP contribution in [0.1, 0.15) is 13.8 Å². The standard InChI is InChI=1S/C8H16N2O2/c1-6-3-9-8(12)10(4-6)5-7(2)11/h6-7,11H,3-5H2,1-2H3,(H,9,12). The lowest BCUT2D eigenvalue weighted by Gasteiger charge is -2.32. The minimum absolute atomic E-state index is 0.0611. The molecule has 1 heterocycles. The first-order valence-electron chi connectivity index (χ1n) is 4.30. The largest absolute Gasteiger partial charge is 0.392 e. The fourth-order valence-corrected chi connectivity index (χ4v) is 1.37. The van der Waals surface area contributed by atoms with E-state index in [9.17, 15) is 4.79 Å². The maximum absolute atomic E-state index is 11.2. The van der Waals surface area contributed by atoms with Gasteiger partial charge < -0.3 is 15.3 Å². The third kappa shape index (κ3) is 2.37. The molecule has 1 aliphatic rings. The molecular weight excluding hydrogens is 156 g/mol. The fraction of sp³-hybridized carbons (Fsp3) is 0.875. The highest BCUT2D eigenvalue weighted by molar-refractivity contribution is 5.74. The summed E-state index contributed by atoms with van der Waals surface area (Å²) in [7, 11) is 0. The Labute approximate surface area is 72.6 Å². The van der Waals surface area contributed by atoms with E-state index in [1.165, 1.54) is 0 Å². The van der Waals surface area contributed by atoms with E-state index in [2.05, 4.69) is 12.2 Å². The van der Waals surface area contributed by atoms with E-state index in [1.54, 1.807) is 11.8 Å². The van der Waals surface area contributed by atoms with Crippen molar-refractivity contribution in [3.8, 4) is 0 Å². The SMILES string of the molecule is CC(O)CN1CC(C)CNC1=O. The molecule has 2 unspecified atom stereocenters. The van der Waals surface area contributed by atoms with E-state index in [0.29, 0.717) is 12.5 Å². The van der Waals surface area contributed by atoms with Crippen molar-refractivity contribution in [3.63, 3.8) is 0 Å². The van der Waals surface area contributed by atoms with Crippen LogP contribution in [0.4, 0.5) is 4.79 Å². The van der Waals surface area contributed by atoms with Crippen molar-refractivity contribution in [1.29, 1.82) is 0 Å². The highest BCUT2D eigenvalue weighted by atomic mass is 16.3. The molecule has 2 N–H and O–H groups in total. The zero-order valence-corrected chi connectivity index (χ0v) is 7.58. The van der Waals surface area contributed by atoms with Crippen LogP contribution in [-0.2, 0) is 0 Å². The molecule has 1 fully saturated rings. The molecule has 12 heavy (non-hydrogen) atoms. The van der Waals surface area contributed by atoms with E-state index in [1.807, 2.05) is 0 Å². The lowest BCUT2D eigenvalue weighted by atomic mass is 10.1. The molecule has 0 aliphatic carbocycles. The van der Waals surface area contributed by atoms with Gasteiger partial charge in [-0.2, -0.15) is 0 Å². The van der Waals surface area contributed by atoms with E-state index in [-0.39, 0.29) is 6.03 Å². The number of β-amino-alcohol motifs (C(OH)–C–C–N with tert-alkyl or cyclic N) is 1. The maximum atomic E-state index is 11.2. The van der Waals surface area contributed by atoms with E-state index in [4.69, 9.17) is 5.11 Å². The molecule has 70 valence electrons. The molecule has 4 heteroatoms. The number of hydrogen-bond donors (Lipinski definition) is 2. The van der Waals surface area contributed by atoms with Gasteiger partial charge in [-0.05, 0) is 12.8 Å². The van der Waals surface area contributed by atoms with Crippen LogP contribution >= 0.6 is 0 Å². The molecule has 0 aromatic rings. The van der Waals surface area contributed by atoms with Gasteiger partial charge >= 0.3 is 6.03 Å². The summed E-state index contributed by atoms with van der Waals surface area (Å²) in [5, 5.41) is 11.9. The summed E-state index contributed by atoms with van der Waals surface area (Å²) in [4.78, 5) is 12.8. The Hall–Kier alpha value is -0.770. The van der Waals surface area contributed by atoms with Crippen molar-refractivity contribution >= 4 is 6.03 Å². The number of rotatable bonds is 2. The number of amides is 2. The number of aliphatic hydroxyl groups is 1. The second kappa shape index (κ2) is 3.76. The topological polar surface area (TPSA) is 52.6 Å². The molecule has 0 bridgehead atoms. The first kappa shape index (κ1) is 9.32. The Morgan fingerprint density at radius 2 is 2.50 bits per heavy atom. The lowest BCUT2D eigenvalue weighted by Crippen LogP contribution is -2.52. The number of carbonyl (C=O) groups is 1. The van der Waals surface area contributed by atoms with Gasteiger partial charge in [0.25, 0.3) is 0 Å². The van der Waals surface area contributed by atoms with Gasteiger partial charge in [0.1, 0.15) is 0 Å². The summed E-state index contributed by atoms with van der Waals surface area (Å²) < 4.78 is 0. The molecule has 2 atom stereocenters. The number of nitrogens with zero attached hydrogens (tertiary/aromatic N) is 1. The van der Waals surface area contributed by atoms with Gasteiger partial charge in [0.15, 0.2) is 0 Å². The number of carbonyl (C=O) groups excluding carboxylic acids is 1. The van der Waals surface area contributed by atoms with Gasteiger partial charge in [-0.3, -0.25) is 0 Å². The summed E-state index contributed by atoms with van der Waals surface area (Å²) in [6.07, 6.45) is -0.443. The van der Waals surface area contributed by atoms with Crippen LogP contribution in [0, 0.1) is 5.92 Å². The van der Waals surface area contributed by atoms with Crippen molar-refractivity contribution < 1.29 is 9.90 Å². The smallest absolute Gasteiger partial charge is 0.317 e. The van der Waals surface area contributed by atoms with Gasteiger partial charge in [-0.1, -0.05) is 6.92 Å². The van der Waals surface area contributed by atoms with Crippen LogP contribution in [0.25, 0.3) is 0 Å². The molecule has 0 saturated carbocycles. The predicted molar refractivity (Wildman–Crippen MR) is 45.8 cm³/mol. The monoisotopic (exact) mass is 172 g/mol. The van der Waals surface area contributed by atoms with Crippen LogP contribution in [0.3, 0.4) is 0 Å². The zero-order chi connectivity index (χ0) is 9.14. The van der Waals surface area contributed by atoms with E-state index in [0.717, 1.165) is 13.1 Å². The summed E-state index contributed by atoms with van der Waals surface area (Å²) in [6, 6.07) is -0.0611. The van der Waals surface area contributed by atoms with Crippen molar-refractivity contribution in [2.45, 2.75) is 20.0 Å². The van der Waals surface area contributed by atoms with Crippen LogP contribution in [0.2, 0.25) is 0 Å². The zero-order valence-electron chi connectivity index (χ0n) is 7.58. The molecule has 2 amide bonds. The van der Waals surface area contributed by atoms with Crippen molar-refractivity contribution in [2.75, 3.05) is 19.6 Å². The van der Waals surface area contributed by atoms with Crippen LogP contribution in [0.5, 0.6) is 0 Å². The molecule has 0 aromatic heterocycles. The summed E-state index contributed by atoms with van der Waals surface area (Å²) in [5.74, 6) is 0.474. The van der Waals surface area contributed by atoms with Gasteiger partial charge in [0.05, 0.1) is 6.10 Å². The van der Waals surface area contributed by atoms with Crippen LogP contribution in [0.15, 0.2) is 0 Å². The van der Waals surface area contributed by atoms with Gasteiger partial charge in [0.2, 0.25) is 0 Å². The van der Waals surface area contributed by atoms with E-state index < -0.39 is 6.10 Å². The molecule has 1 rings (SSSR count). The second-order valence-electron chi connectivity index (χ2n) is 3.55. The number of nitrogens with one attached hydrogen (secondary N) is 1. The van der Waals surface area contributed by atoms with Crippen LogP contribution < -0.4 is 5.32 Å². The van der Waals surface area contributed by atoms with Crippen molar-refractivity contribution in [3.05, 3.63) is 0 Å².